The molecule has 0 atom stereocenters. The van der Waals surface area contributed by atoms with E-state index in [4.69, 9.17) is 16.0 Å². The molecular formula is C19H12ClF2N3O3S. The Balaban J connectivity index is 1.78. The normalized spacial score (nSPS) is 11.7. The lowest BCUT2D eigenvalue weighted by atomic mass is 10.1. The van der Waals surface area contributed by atoms with Gasteiger partial charge in [0.15, 0.2) is 5.15 Å². The molecule has 29 heavy (non-hydrogen) atoms. The summed E-state index contributed by atoms with van der Waals surface area (Å²) in [6, 6.07) is 6.12. The van der Waals surface area contributed by atoms with Crippen LogP contribution in [0.15, 0.2) is 58.3 Å². The minimum Gasteiger partial charge on any atom is -0.445 e. The van der Waals surface area contributed by atoms with Crippen LogP contribution in [-0.4, -0.2) is 18.4 Å². The molecule has 0 aliphatic carbocycles. The molecule has 6 nitrogen and oxygen atoms in total. The molecule has 10 heteroatoms. The second kappa shape index (κ2) is 7.09. The van der Waals surface area contributed by atoms with Gasteiger partial charge in [-0.25, -0.2) is 27.2 Å². The maximum atomic E-state index is 13.6. The minimum atomic E-state index is -4.13. The first-order valence-electron chi connectivity index (χ1n) is 8.22. The van der Waals surface area contributed by atoms with Gasteiger partial charge in [-0.05, 0) is 36.8 Å². The van der Waals surface area contributed by atoms with E-state index < -0.39 is 21.7 Å². The molecule has 0 aliphatic rings. The zero-order valence-corrected chi connectivity index (χ0v) is 16.4. The monoisotopic (exact) mass is 435 g/mol. The van der Waals surface area contributed by atoms with Crippen molar-refractivity contribution in [2.24, 2.45) is 0 Å². The molecule has 4 aromatic rings. The van der Waals surface area contributed by atoms with Crippen molar-refractivity contribution in [3.05, 3.63) is 71.3 Å². The molecule has 4 rings (SSSR count). The predicted molar refractivity (Wildman–Crippen MR) is 104 cm³/mol. The van der Waals surface area contributed by atoms with Crippen molar-refractivity contribution in [1.82, 2.24) is 9.97 Å². The molecule has 0 spiro atoms. The Hall–Kier alpha value is -3.04. The first-order chi connectivity index (χ1) is 13.7. The lowest BCUT2D eigenvalue weighted by Crippen LogP contribution is -2.15. The lowest BCUT2D eigenvalue weighted by Gasteiger charge is -2.12. The number of benzene rings is 1. The van der Waals surface area contributed by atoms with Crippen molar-refractivity contribution in [3.8, 4) is 11.1 Å². The van der Waals surface area contributed by atoms with E-state index in [-0.39, 0.29) is 21.4 Å². The van der Waals surface area contributed by atoms with Gasteiger partial charge in [0, 0.05) is 17.3 Å². The summed E-state index contributed by atoms with van der Waals surface area (Å²) in [4.78, 5) is 7.62. The molecule has 0 amide bonds. The predicted octanol–water partition coefficient (Wildman–Crippen LogP) is 4.93. The first-order valence-corrected chi connectivity index (χ1v) is 10.1. The fourth-order valence-electron chi connectivity index (χ4n) is 2.85. The number of halogens is 3. The van der Waals surface area contributed by atoms with Gasteiger partial charge in [0.25, 0.3) is 10.0 Å². The number of nitrogens with zero attached hydrogens (tertiary/aromatic N) is 2. The summed E-state index contributed by atoms with van der Waals surface area (Å²) in [5, 5.41) is 0.285. The summed E-state index contributed by atoms with van der Waals surface area (Å²) in [6.07, 6.45) is 3.77. The Morgan fingerprint density at radius 2 is 1.86 bits per heavy atom. The summed E-state index contributed by atoms with van der Waals surface area (Å²) in [5.74, 6) is -1.24. The van der Waals surface area contributed by atoms with E-state index in [9.17, 15) is 17.2 Å². The number of nitrogens with one attached hydrogen (secondary N) is 1. The quantitative estimate of drug-likeness (QED) is 0.459. The summed E-state index contributed by atoms with van der Waals surface area (Å²) < 4.78 is 60.2. The van der Waals surface area contributed by atoms with Crippen LogP contribution in [0.3, 0.4) is 0 Å². The van der Waals surface area contributed by atoms with Crippen molar-refractivity contribution in [3.63, 3.8) is 0 Å². The number of aryl methyl sites for hydroxylation is 1. The average Bonchev–Trinajstić information content (AvgIpc) is 3.08. The number of pyridine rings is 2. The van der Waals surface area contributed by atoms with E-state index in [0.29, 0.717) is 22.1 Å². The molecule has 0 bridgehead atoms. The van der Waals surface area contributed by atoms with E-state index in [2.05, 4.69) is 14.7 Å². The highest BCUT2D eigenvalue weighted by Crippen LogP contribution is 2.33. The highest BCUT2D eigenvalue weighted by Gasteiger charge is 2.21. The number of sulfonamides is 1. The molecule has 3 aromatic heterocycles. The molecule has 0 fully saturated rings. The van der Waals surface area contributed by atoms with Crippen molar-refractivity contribution < 1.29 is 21.6 Å². The van der Waals surface area contributed by atoms with Crippen LogP contribution >= 0.6 is 11.6 Å². The summed E-state index contributed by atoms with van der Waals surface area (Å²) >= 11 is 6.06. The number of fused-ring (bicyclic) bond motifs is 1. The second-order valence-electron chi connectivity index (χ2n) is 6.23. The Bertz CT molecular complexity index is 1360. The zero-order chi connectivity index (χ0) is 20.8. The van der Waals surface area contributed by atoms with Gasteiger partial charge in [-0.1, -0.05) is 17.7 Å². The third-order valence-corrected chi connectivity index (χ3v) is 6.04. The first kappa shape index (κ1) is 19.3. The number of furan rings is 1. The van der Waals surface area contributed by atoms with E-state index in [1.54, 1.807) is 6.92 Å². The van der Waals surface area contributed by atoms with E-state index >= 15 is 0 Å². The summed E-state index contributed by atoms with van der Waals surface area (Å²) in [5.41, 5.74) is 1.44. The maximum Gasteiger partial charge on any atom is 0.262 e. The molecule has 0 saturated carbocycles. The largest absolute Gasteiger partial charge is 0.445 e. The average molecular weight is 436 g/mol. The molecule has 1 N–H and O–H groups in total. The molecule has 0 aliphatic heterocycles. The van der Waals surface area contributed by atoms with Crippen molar-refractivity contribution in [2.75, 3.05) is 4.72 Å². The number of hydrogen-bond acceptors (Lipinski definition) is 5. The lowest BCUT2D eigenvalue weighted by molar-refractivity contribution is 0.593. The third kappa shape index (κ3) is 3.66. The van der Waals surface area contributed by atoms with Gasteiger partial charge in [-0.3, -0.25) is 4.72 Å². The standard InChI is InChI=1S/C19H12ClF2N3O3S/c1-10-2-3-12(21)6-17(10)29(26,27)25-16-4-11(7-23-18(16)20)15-9-28-19-14(15)5-13(22)8-24-19/h2-9,25H,1H3. The van der Waals surface area contributed by atoms with Gasteiger partial charge in [-0.2, -0.15) is 0 Å². The molecule has 1 aromatic carbocycles. The van der Waals surface area contributed by atoms with Crippen LogP contribution in [0.25, 0.3) is 22.2 Å². The topological polar surface area (TPSA) is 85.1 Å². The van der Waals surface area contributed by atoms with Crippen LogP contribution in [0.5, 0.6) is 0 Å². The van der Waals surface area contributed by atoms with Gasteiger partial charge in [0.1, 0.15) is 17.9 Å². The van der Waals surface area contributed by atoms with E-state index in [1.807, 2.05) is 0 Å². The Labute approximate surface area is 169 Å². The smallest absolute Gasteiger partial charge is 0.262 e. The van der Waals surface area contributed by atoms with Crippen LogP contribution < -0.4 is 4.72 Å². The van der Waals surface area contributed by atoms with Gasteiger partial charge in [-0.15, -0.1) is 0 Å². The number of anilines is 1. The fourth-order valence-corrected chi connectivity index (χ4v) is 4.37. The Morgan fingerprint density at radius 3 is 2.66 bits per heavy atom. The maximum absolute atomic E-state index is 13.6. The van der Waals surface area contributed by atoms with E-state index in [0.717, 1.165) is 12.3 Å². The third-order valence-electron chi connectivity index (χ3n) is 4.23. The molecule has 0 saturated heterocycles. The van der Waals surface area contributed by atoms with Gasteiger partial charge < -0.3 is 4.42 Å². The van der Waals surface area contributed by atoms with E-state index in [1.165, 1.54) is 36.7 Å². The van der Waals surface area contributed by atoms with Crippen molar-refractivity contribution >= 4 is 38.4 Å². The fraction of sp³-hybridized carbons (Fsp3) is 0.0526. The molecule has 0 radical (unpaired) electrons. The number of aromatic nitrogens is 2. The van der Waals surface area contributed by atoms with Crippen LogP contribution in [-0.2, 0) is 10.0 Å². The summed E-state index contributed by atoms with van der Waals surface area (Å²) in [6.45, 7) is 1.55. The molecular weight excluding hydrogens is 424 g/mol. The second-order valence-corrected chi connectivity index (χ2v) is 8.24. The van der Waals surface area contributed by atoms with Gasteiger partial charge in [0.05, 0.1) is 22.2 Å². The highest BCUT2D eigenvalue weighted by molar-refractivity contribution is 7.92. The van der Waals surface area contributed by atoms with Crippen LogP contribution in [0.2, 0.25) is 5.15 Å². The van der Waals surface area contributed by atoms with Crippen LogP contribution in [0.1, 0.15) is 5.56 Å². The Morgan fingerprint density at radius 1 is 1.07 bits per heavy atom. The molecule has 148 valence electrons. The van der Waals surface area contributed by atoms with Crippen LogP contribution in [0, 0.1) is 18.6 Å². The number of rotatable bonds is 4. The van der Waals surface area contributed by atoms with Crippen molar-refractivity contribution in [2.45, 2.75) is 11.8 Å². The molecule has 3 heterocycles. The SMILES string of the molecule is Cc1ccc(F)cc1S(=O)(=O)Nc1cc(-c2coc3ncc(F)cc23)cnc1Cl. The van der Waals surface area contributed by atoms with Crippen LogP contribution in [0.4, 0.5) is 14.5 Å². The van der Waals surface area contributed by atoms with Gasteiger partial charge in [0.2, 0.25) is 5.71 Å². The molecule has 0 unspecified atom stereocenters. The highest BCUT2D eigenvalue weighted by atomic mass is 35.5. The Kier molecular flexibility index (Phi) is 4.71. The number of hydrogen-bond donors (Lipinski definition) is 1. The van der Waals surface area contributed by atoms with Crippen molar-refractivity contribution in [1.29, 1.82) is 0 Å². The van der Waals surface area contributed by atoms with Gasteiger partial charge >= 0.3 is 0 Å². The summed E-state index contributed by atoms with van der Waals surface area (Å²) in [7, 11) is -4.13. The minimum absolute atomic E-state index is 0.0217. The zero-order valence-electron chi connectivity index (χ0n) is 14.8.